The number of alkyl halides is 3. The van der Waals surface area contributed by atoms with Crippen LogP contribution in [0.1, 0.15) is 11.1 Å². The molecule has 2 rings (SSSR count). The van der Waals surface area contributed by atoms with Gasteiger partial charge in [0, 0.05) is 19.7 Å². The quantitative estimate of drug-likeness (QED) is 0.538. The van der Waals surface area contributed by atoms with Gasteiger partial charge < -0.3 is 20.0 Å². The second-order valence-electron chi connectivity index (χ2n) is 7.12. The van der Waals surface area contributed by atoms with Crippen LogP contribution in [-0.4, -0.2) is 70.1 Å². The van der Waals surface area contributed by atoms with Crippen molar-refractivity contribution in [2.24, 2.45) is 0 Å². The smallest absolute Gasteiger partial charge is 0.347 e. The fourth-order valence-corrected chi connectivity index (χ4v) is 3.08. The summed E-state index contributed by atoms with van der Waals surface area (Å²) in [6.07, 6.45) is -4.32. The van der Waals surface area contributed by atoms with Crippen LogP contribution >= 0.6 is 0 Å². The molecule has 0 saturated carbocycles. The van der Waals surface area contributed by atoms with E-state index in [1.807, 2.05) is 0 Å². The van der Waals surface area contributed by atoms with Crippen molar-refractivity contribution in [2.45, 2.75) is 12.7 Å². The lowest BCUT2D eigenvalue weighted by Crippen LogP contribution is -3.28. The maximum Gasteiger partial charge on any atom is 0.416 e. The summed E-state index contributed by atoms with van der Waals surface area (Å²) in [7, 11) is 3.26. The fraction of sp³-hybridized carbons (Fsp3) is 0.556. The van der Waals surface area contributed by atoms with Crippen LogP contribution < -0.4 is 15.1 Å². The summed E-state index contributed by atoms with van der Waals surface area (Å²) in [6, 6.07) is 5.46. The molecule has 0 atom stereocenters. The fourth-order valence-electron chi connectivity index (χ4n) is 3.08. The molecule has 0 spiro atoms. The highest BCUT2D eigenvalue weighted by Gasteiger charge is 2.31. The van der Waals surface area contributed by atoms with Crippen molar-refractivity contribution in [3.63, 3.8) is 0 Å². The van der Waals surface area contributed by atoms with Crippen LogP contribution in [0.2, 0.25) is 0 Å². The van der Waals surface area contributed by atoms with Gasteiger partial charge >= 0.3 is 6.18 Å². The molecule has 1 aliphatic rings. The molecule has 3 N–H and O–H groups in total. The highest BCUT2D eigenvalue weighted by atomic mass is 19.4. The van der Waals surface area contributed by atoms with E-state index in [0.29, 0.717) is 18.7 Å². The second-order valence-corrected chi connectivity index (χ2v) is 7.12. The Kier molecular flexibility index (Phi) is 7.20. The van der Waals surface area contributed by atoms with E-state index in [0.717, 1.165) is 37.1 Å². The van der Waals surface area contributed by atoms with Gasteiger partial charge in [-0.05, 0) is 12.1 Å². The van der Waals surface area contributed by atoms with Gasteiger partial charge in [-0.2, -0.15) is 13.2 Å². The number of nitrogens with one attached hydrogen (secondary N) is 3. The van der Waals surface area contributed by atoms with Gasteiger partial charge in [-0.3, -0.25) is 9.59 Å². The van der Waals surface area contributed by atoms with E-state index in [-0.39, 0.29) is 18.4 Å². The van der Waals surface area contributed by atoms with Crippen molar-refractivity contribution < 1.29 is 32.6 Å². The molecule has 0 radical (unpaired) electrons. The SMILES string of the molecule is CN(C)C(=O)CNC(=O)C[NH+]1CC[NH+](Cc2cccc(C(F)(F)F)c2)CC1. The Morgan fingerprint density at radius 2 is 1.74 bits per heavy atom. The predicted octanol–water partition coefficient (Wildman–Crippen LogP) is -1.81. The van der Waals surface area contributed by atoms with Gasteiger partial charge in [-0.1, -0.05) is 12.1 Å². The van der Waals surface area contributed by atoms with Crippen LogP contribution in [0.4, 0.5) is 13.2 Å². The maximum atomic E-state index is 12.8. The summed E-state index contributed by atoms with van der Waals surface area (Å²) in [5, 5.41) is 2.62. The minimum atomic E-state index is -4.32. The van der Waals surface area contributed by atoms with Crippen molar-refractivity contribution >= 4 is 11.8 Å². The lowest BCUT2D eigenvalue weighted by Gasteiger charge is -2.29. The zero-order valence-electron chi connectivity index (χ0n) is 15.7. The molecule has 2 amide bonds. The monoisotopic (exact) mass is 388 g/mol. The number of hydrogen-bond acceptors (Lipinski definition) is 2. The van der Waals surface area contributed by atoms with Gasteiger partial charge in [0.2, 0.25) is 5.91 Å². The topological polar surface area (TPSA) is 58.3 Å². The average molecular weight is 388 g/mol. The molecule has 6 nitrogen and oxygen atoms in total. The molecule has 1 aliphatic heterocycles. The summed E-state index contributed by atoms with van der Waals surface area (Å²) in [4.78, 5) is 27.2. The Balaban J connectivity index is 1.75. The summed E-state index contributed by atoms with van der Waals surface area (Å²) in [5.74, 6) is -0.324. The molecule has 1 fully saturated rings. The van der Waals surface area contributed by atoms with E-state index in [1.54, 1.807) is 20.2 Å². The number of rotatable bonds is 6. The normalized spacial score (nSPS) is 20.2. The van der Waals surface area contributed by atoms with Crippen LogP contribution in [0, 0.1) is 0 Å². The second kappa shape index (κ2) is 9.18. The van der Waals surface area contributed by atoms with Crippen LogP contribution in [0.25, 0.3) is 0 Å². The third kappa shape index (κ3) is 6.84. The summed E-state index contributed by atoms with van der Waals surface area (Å²) in [6.45, 7) is 3.95. The molecule has 0 unspecified atom stereocenters. The molecule has 1 heterocycles. The highest BCUT2D eigenvalue weighted by molar-refractivity contribution is 5.84. The van der Waals surface area contributed by atoms with Crippen LogP contribution in [0.5, 0.6) is 0 Å². The molecule has 9 heteroatoms. The van der Waals surface area contributed by atoms with Crippen molar-refractivity contribution in [1.29, 1.82) is 0 Å². The van der Waals surface area contributed by atoms with Crippen molar-refractivity contribution in [3.8, 4) is 0 Å². The number of carbonyl (C=O) groups excluding carboxylic acids is 2. The molecule has 0 aliphatic carbocycles. The number of amides is 2. The number of hydrogen-bond donors (Lipinski definition) is 3. The van der Waals surface area contributed by atoms with Crippen LogP contribution in [0.3, 0.4) is 0 Å². The standard InChI is InChI=1S/C18H25F3N4O2/c1-23(2)17(27)11-22-16(26)13-25-8-6-24(7-9-25)12-14-4-3-5-15(10-14)18(19,20)21/h3-5,10H,6-9,11-13H2,1-2H3,(H,22,26)/p+2. The minimum absolute atomic E-state index is 0.00790. The van der Waals surface area contributed by atoms with Crippen LogP contribution in [-0.2, 0) is 22.3 Å². The first-order valence-corrected chi connectivity index (χ1v) is 8.95. The Bertz CT molecular complexity index is 656. The Morgan fingerprint density at radius 1 is 1.11 bits per heavy atom. The Morgan fingerprint density at radius 3 is 2.33 bits per heavy atom. The summed E-state index contributed by atoms with van der Waals surface area (Å²) < 4.78 is 38.4. The molecule has 27 heavy (non-hydrogen) atoms. The third-order valence-electron chi connectivity index (χ3n) is 4.72. The largest absolute Gasteiger partial charge is 0.416 e. The van der Waals surface area contributed by atoms with E-state index in [1.165, 1.54) is 21.9 Å². The number of likely N-dealkylation sites (N-methyl/N-ethyl adjacent to an activating group) is 1. The van der Waals surface area contributed by atoms with Crippen LogP contribution in [0.15, 0.2) is 24.3 Å². The average Bonchev–Trinajstić information content (AvgIpc) is 2.61. The highest BCUT2D eigenvalue weighted by Crippen LogP contribution is 2.29. The van der Waals surface area contributed by atoms with Crippen molar-refractivity contribution in [1.82, 2.24) is 10.2 Å². The van der Waals surface area contributed by atoms with Gasteiger partial charge in [0.05, 0.1) is 12.1 Å². The first-order valence-electron chi connectivity index (χ1n) is 8.95. The van der Waals surface area contributed by atoms with Gasteiger partial charge in [-0.15, -0.1) is 0 Å². The first-order chi connectivity index (χ1) is 12.6. The molecule has 1 aromatic rings. The maximum absolute atomic E-state index is 12.8. The number of carbonyl (C=O) groups is 2. The molecular weight excluding hydrogens is 361 g/mol. The van der Waals surface area contributed by atoms with Gasteiger partial charge in [0.1, 0.15) is 32.7 Å². The molecular formula is C18H27F3N4O2+2. The first kappa shape index (κ1) is 21.2. The number of halogens is 3. The van der Waals surface area contributed by atoms with Gasteiger partial charge in [-0.25, -0.2) is 0 Å². The lowest BCUT2D eigenvalue weighted by atomic mass is 10.1. The number of piperazine rings is 1. The van der Waals surface area contributed by atoms with Gasteiger partial charge in [0.25, 0.3) is 5.91 Å². The van der Waals surface area contributed by atoms with Crippen molar-refractivity contribution in [3.05, 3.63) is 35.4 Å². The zero-order chi connectivity index (χ0) is 20.0. The van der Waals surface area contributed by atoms with E-state index in [4.69, 9.17) is 0 Å². The van der Waals surface area contributed by atoms with E-state index < -0.39 is 11.7 Å². The third-order valence-corrected chi connectivity index (χ3v) is 4.72. The molecule has 0 aromatic heterocycles. The zero-order valence-corrected chi connectivity index (χ0v) is 15.7. The predicted molar refractivity (Wildman–Crippen MR) is 93.1 cm³/mol. The Labute approximate surface area is 156 Å². The molecule has 1 aromatic carbocycles. The number of quaternary nitrogens is 2. The number of benzene rings is 1. The van der Waals surface area contributed by atoms with E-state index in [2.05, 4.69) is 5.32 Å². The van der Waals surface area contributed by atoms with E-state index in [9.17, 15) is 22.8 Å². The molecule has 150 valence electrons. The summed E-state index contributed by atoms with van der Waals surface area (Å²) >= 11 is 0. The Hall–Kier alpha value is -2.13. The molecule has 0 bridgehead atoms. The van der Waals surface area contributed by atoms with Gasteiger partial charge in [0.15, 0.2) is 6.54 Å². The number of nitrogens with zero attached hydrogens (tertiary/aromatic N) is 1. The minimum Gasteiger partial charge on any atom is -0.347 e. The summed E-state index contributed by atoms with van der Waals surface area (Å²) in [5.41, 5.74) is 0.0517. The molecule has 1 saturated heterocycles. The lowest BCUT2D eigenvalue weighted by molar-refractivity contribution is -1.02. The van der Waals surface area contributed by atoms with E-state index >= 15 is 0 Å². The van der Waals surface area contributed by atoms with Crippen molar-refractivity contribution in [2.75, 3.05) is 53.4 Å².